The lowest BCUT2D eigenvalue weighted by molar-refractivity contribution is 0.349. The zero-order valence-electron chi connectivity index (χ0n) is 12.5. The number of nitrogens with one attached hydrogen (secondary N) is 1. The molecule has 1 fully saturated rings. The van der Waals surface area contributed by atoms with E-state index >= 15 is 0 Å². The van der Waals surface area contributed by atoms with Gasteiger partial charge in [-0.25, -0.2) is 0 Å². The lowest BCUT2D eigenvalue weighted by atomic mass is 9.75. The molecular formula is C18H21NOS. The molecule has 3 rings (SSSR count). The van der Waals surface area contributed by atoms with Crippen molar-refractivity contribution in [1.29, 1.82) is 0 Å². The summed E-state index contributed by atoms with van der Waals surface area (Å²) in [7, 11) is 1.75. The summed E-state index contributed by atoms with van der Waals surface area (Å²) in [4.78, 5) is 1.32. The number of thioether (sulfide) groups is 1. The molecule has 0 spiro atoms. The van der Waals surface area contributed by atoms with Crippen LogP contribution in [-0.2, 0) is 0 Å². The number of hydrogen-bond donors (Lipinski definition) is 1. The van der Waals surface area contributed by atoms with Crippen LogP contribution in [0.15, 0.2) is 53.4 Å². The van der Waals surface area contributed by atoms with Crippen LogP contribution in [0.1, 0.15) is 24.3 Å². The zero-order valence-corrected chi connectivity index (χ0v) is 13.3. The van der Waals surface area contributed by atoms with Crippen molar-refractivity contribution in [2.45, 2.75) is 29.7 Å². The molecule has 0 saturated heterocycles. The summed E-state index contributed by atoms with van der Waals surface area (Å²) in [5, 5.41) is 3.67. The van der Waals surface area contributed by atoms with Crippen molar-refractivity contribution >= 4 is 17.4 Å². The number of hydrogen-bond acceptors (Lipinski definition) is 3. The maximum atomic E-state index is 5.47. The third-order valence-electron chi connectivity index (χ3n) is 4.18. The number of ether oxygens (including phenoxy) is 1. The molecule has 0 radical (unpaired) electrons. The minimum absolute atomic E-state index is 0.563. The topological polar surface area (TPSA) is 21.3 Å². The molecule has 0 heterocycles. The average molecular weight is 299 g/mol. The standard InChI is InChI=1S/C18H21NOS/c1-20-17-9-5-3-7-15(17)13-11-14(12-13)19-16-8-4-6-10-18(16)21-2/h3-10,13-14,19H,11-12H2,1-2H3. The van der Waals surface area contributed by atoms with Gasteiger partial charge in [0.15, 0.2) is 0 Å². The van der Waals surface area contributed by atoms with Crippen LogP contribution < -0.4 is 10.1 Å². The Morgan fingerprint density at radius 2 is 1.76 bits per heavy atom. The summed E-state index contributed by atoms with van der Waals surface area (Å²) < 4.78 is 5.47. The molecule has 2 aromatic rings. The van der Waals surface area contributed by atoms with Gasteiger partial charge in [-0.3, -0.25) is 0 Å². The van der Waals surface area contributed by atoms with E-state index in [0.717, 1.165) is 5.75 Å². The Bertz CT molecular complexity index is 608. The van der Waals surface area contributed by atoms with Crippen molar-refractivity contribution in [1.82, 2.24) is 0 Å². The van der Waals surface area contributed by atoms with E-state index in [4.69, 9.17) is 4.74 Å². The smallest absolute Gasteiger partial charge is 0.122 e. The minimum atomic E-state index is 0.563. The van der Waals surface area contributed by atoms with Crippen LogP contribution >= 0.6 is 11.8 Å². The summed E-state index contributed by atoms with van der Waals surface area (Å²) in [6, 6.07) is 17.5. The van der Waals surface area contributed by atoms with Gasteiger partial charge in [0.25, 0.3) is 0 Å². The highest BCUT2D eigenvalue weighted by atomic mass is 32.2. The summed E-state index contributed by atoms with van der Waals surface area (Å²) >= 11 is 1.79. The van der Waals surface area contributed by atoms with E-state index in [1.165, 1.54) is 29.0 Å². The van der Waals surface area contributed by atoms with Gasteiger partial charge in [-0.15, -0.1) is 11.8 Å². The number of anilines is 1. The van der Waals surface area contributed by atoms with Crippen molar-refractivity contribution in [2.24, 2.45) is 0 Å². The SMILES string of the molecule is COc1ccccc1C1CC(Nc2ccccc2SC)C1. The Labute approximate surface area is 130 Å². The van der Waals surface area contributed by atoms with Crippen LogP contribution in [0.3, 0.4) is 0 Å². The van der Waals surface area contributed by atoms with Crippen LogP contribution in [-0.4, -0.2) is 19.4 Å². The molecule has 0 atom stereocenters. The van der Waals surface area contributed by atoms with Gasteiger partial charge >= 0.3 is 0 Å². The summed E-state index contributed by atoms with van der Waals surface area (Å²) in [6.07, 6.45) is 4.46. The highest BCUT2D eigenvalue weighted by Crippen LogP contribution is 2.42. The minimum Gasteiger partial charge on any atom is -0.496 e. The Kier molecular flexibility index (Phi) is 4.39. The maximum absolute atomic E-state index is 5.47. The molecule has 0 bridgehead atoms. The van der Waals surface area contributed by atoms with Crippen molar-refractivity contribution in [3.63, 3.8) is 0 Å². The number of methoxy groups -OCH3 is 1. The lowest BCUT2D eigenvalue weighted by Crippen LogP contribution is -2.34. The summed E-state index contributed by atoms with van der Waals surface area (Å²) in [5.41, 5.74) is 2.60. The first-order valence-corrected chi connectivity index (χ1v) is 8.56. The Morgan fingerprint density at radius 1 is 1.05 bits per heavy atom. The van der Waals surface area contributed by atoms with Crippen LogP contribution in [0.4, 0.5) is 5.69 Å². The molecule has 0 aromatic heterocycles. The molecule has 1 saturated carbocycles. The Balaban J connectivity index is 1.63. The normalized spacial score (nSPS) is 20.7. The second-order valence-electron chi connectivity index (χ2n) is 5.45. The van der Waals surface area contributed by atoms with E-state index in [1.54, 1.807) is 18.9 Å². The largest absolute Gasteiger partial charge is 0.496 e. The molecule has 3 heteroatoms. The molecule has 21 heavy (non-hydrogen) atoms. The highest BCUT2D eigenvalue weighted by Gasteiger charge is 2.32. The van der Waals surface area contributed by atoms with E-state index in [9.17, 15) is 0 Å². The third-order valence-corrected chi connectivity index (χ3v) is 4.98. The van der Waals surface area contributed by atoms with Gasteiger partial charge in [0.05, 0.1) is 7.11 Å². The van der Waals surface area contributed by atoms with Crippen LogP contribution in [0, 0.1) is 0 Å². The van der Waals surface area contributed by atoms with E-state index in [1.807, 2.05) is 6.07 Å². The van der Waals surface area contributed by atoms with Gasteiger partial charge in [0.1, 0.15) is 5.75 Å². The first kappa shape index (κ1) is 14.3. The molecular weight excluding hydrogens is 278 g/mol. The average Bonchev–Trinajstić information content (AvgIpc) is 2.51. The monoisotopic (exact) mass is 299 g/mol. The van der Waals surface area contributed by atoms with Gasteiger partial charge < -0.3 is 10.1 Å². The van der Waals surface area contributed by atoms with E-state index in [2.05, 4.69) is 54.0 Å². The highest BCUT2D eigenvalue weighted by molar-refractivity contribution is 7.98. The lowest BCUT2D eigenvalue weighted by Gasteiger charge is -2.37. The van der Waals surface area contributed by atoms with E-state index < -0.39 is 0 Å². The molecule has 1 N–H and O–H groups in total. The maximum Gasteiger partial charge on any atom is 0.122 e. The van der Waals surface area contributed by atoms with Crippen molar-refractivity contribution < 1.29 is 4.74 Å². The number of rotatable bonds is 5. The summed E-state index contributed by atoms with van der Waals surface area (Å²) in [5.74, 6) is 1.63. The fourth-order valence-electron chi connectivity index (χ4n) is 2.98. The quantitative estimate of drug-likeness (QED) is 0.803. The molecule has 0 aliphatic heterocycles. The van der Waals surface area contributed by atoms with Gasteiger partial charge in [0, 0.05) is 16.6 Å². The molecule has 2 nitrogen and oxygen atoms in total. The van der Waals surface area contributed by atoms with E-state index in [-0.39, 0.29) is 0 Å². The first-order valence-electron chi connectivity index (χ1n) is 7.34. The van der Waals surface area contributed by atoms with Gasteiger partial charge in [0.2, 0.25) is 0 Å². The predicted octanol–water partition coefficient (Wildman–Crippen LogP) is 4.78. The van der Waals surface area contributed by atoms with Gasteiger partial charge in [-0.05, 0) is 48.8 Å². The molecule has 0 amide bonds. The van der Waals surface area contributed by atoms with E-state index in [0.29, 0.717) is 12.0 Å². The Hall–Kier alpha value is -1.61. The van der Waals surface area contributed by atoms with Crippen molar-refractivity contribution in [2.75, 3.05) is 18.7 Å². The fraction of sp³-hybridized carbons (Fsp3) is 0.333. The predicted molar refractivity (Wildman–Crippen MR) is 90.6 cm³/mol. The molecule has 1 aliphatic rings. The number of para-hydroxylation sites is 2. The second kappa shape index (κ2) is 6.44. The first-order chi connectivity index (χ1) is 10.3. The summed E-state index contributed by atoms with van der Waals surface area (Å²) in [6.45, 7) is 0. The van der Waals surface area contributed by atoms with Crippen molar-refractivity contribution in [3.8, 4) is 5.75 Å². The molecule has 110 valence electrons. The van der Waals surface area contributed by atoms with Crippen molar-refractivity contribution in [3.05, 3.63) is 54.1 Å². The van der Waals surface area contributed by atoms with Gasteiger partial charge in [-0.2, -0.15) is 0 Å². The number of benzene rings is 2. The Morgan fingerprint density at radius 3 is 2.52 bits per heavy atom. The molecule has 1 aliphatic carbocycles. The van der Waals surface area contributed by atoms with Crippen LogP contribution in [0.2, 0.25) is 0 Å². The fourth-order valence-corrected chi connectivity index (χ4v) is 3.54. The second-order valence-corrected chi connectivity index (χ2v) is 6.30. The van der Waals surface area contributed by atoms with Crippen LogP contribution in [0.5, 0.6) is 5.75 Å². The third kappa shape index (κ3) is 3.03. The van der Waals surface area contributed by atoms with Gasteiger partial charge in [-0.1, -0.05) is 30.3 Å². The molecule has 0 unspecified atom stereocenters. The molecule has 2 aromatic carbocycles. The van der Waals surface area contributed by atoms with Crippen LogP contribution in [0.25, 0.3) is 0 Å². The zero-order chi connectivity index (χ0) is 14.7.